The predicted octanol–water partition coefficient (Wildman–Crippen LogP) is 2.22. The second-order valence-electron chi connectivity index (χ2n) is 6.43. The van der Waals surface area contributed by atoms with Crippen LogP contribution in [0.2, 0.25) is 0 Å². The summed E-state index contributed by atoms with van der Waals surface area (Å²) in [4.78, 5) is 15.0. The maximum absolute atomic E-state index is 13.0. The van der Waals surface area contributed by atoms with Crippen molar-refractivity contribution in [2.75, 3.05) is 19.6 Å². The molecular formula is C18H23ClN4O. The predicted molar refractivity (Wildman–Crippen MR) is 96.2 cm³/mol. The number of halogens is 1. The average molecular weight is 347 g/mol. The minimum Gasteiger partial charge on any atom is -0.332 e. The van der Waals surface area contributed by atoms with E-state index in [1.165, 1.54) is 5.69 Å². The van der Waals surface area contributed by atoms with Crippen LogP contribution in [0, 0.1) is 0 Å². The van der Waals surface area contributed by atoms with Gasteiger partial charge in [0.1, 0.15) is 0 Å². The summed E-state index contributed by atoms with van der Waals surface area (Å²) in [6, 6.07) is 10.3. The highest BCUT2D eigenvalue weighted by Gasteiger charge is 2.32. The van der Waals surface area contributed by atoms with Gasteiger partial charge in [0.15, 0.2) is 5.69 Å². The first kappa shape index (κ1) is 17.0. The molecule has 24 heavy (non-hydrogen) atoms. The number of nitrogens with zero attached hydrogens (tertiary/aromatic N) is 3. The van der Waals surface area contributed by atoms with Gasteiger partial charge < -0.3 is 10.2 Å². The zero-order valence-corrected chi connectivity index (χ0v) is 14.7. The number of aromatic nitrogens is 2. The standard InChI is InChI=1S/C18H22N4O.ClH/c1-13-12-19-10-11-21(13)18(23)17-15-8-5-9-16(15)22(20-17)14-6-3-2-4-7-14;/h2-4,6-7,13,19H,5,8-12H2,1H3;1H. The van der Waals surface area contributed by atoms with Gasteiger partial charge in [-0.1, -0.05) is 18.2 Å². The molecular weight excluding hydrogens is 324 g/mol. The van der Waals surface area contributed by atoms with Crippen molar-refractivity contribution in [1.29, 1.82) is 0 Å². The van der Waals surface area contributed by atoms with Crippen LogP contribution in [-0.4, -0.2) is 46.3 Å². The Morgan fingerprint density at radius 3 is 2.79 bits per heavy atom. The van der Waals surface area contributed by atoms with Crippen LogP contribution in [-0.2, 0) is 12.8 Å². The molecule has 1 amide bonds. The lowest BCUT2D eigenvalue weighted by Gasteiger charge is -2.33. The average Bonchev–Trinajstić information content (AvgIpc) is 3.18. The van der Waals surface area contributed by atoms with Crippen LogP contribution in [0.5, 0.6) is 0 Å². The molecule has 1 aliphatic carbocycles. The molecule has 1 aliphatic heterocycles. The molecule has 6 heteroatoms. The Bertz CT molecular complexity index is 728. The monoisotopic (exact) mass is 346 g/mol. The lowest BCUT2D eigenvalue weighted by Crippen LogP contribution is -2.52. The maximum Gasteiger partial charge on any atom is 0.274 e. The fraction of sp³-hybridized carbons (Fsp3) is 0.444. The second-order valence-corrected chi connectivity index (χ2v) is 6.43. The molecule has 1 N–H and O–H groups in total. The first-order chi connectivity index (χ1) is 11.3. The number of hydrogen-bond acceptors (Lipinski definition) is 3. The molecule has 0 spiro atoms. The second kappa shape index (κ2) is 6.95. The van der Waals surface area contributed by atoms with Gasteiger partial charge in [-0.2, -0.15) is 5.10 Å². The number of amides is 1. The van der Waals surface area contributed by atoms with E-state index in [0.717, 1.165) is 50.1 Å². The molecule has 0 bridgehead atoms. The zero-order valence-electron chi connectivity index (χ0n) is 13.9. The van der Waals surface area contributed by atoms with Gasteiger partial charge in [-0.3, -0.25) is 4.79 Å². The number of carbonyl (C=O) groups is 1. The van der Waals surface area contributed by atoms with Gasteiger partial charge in [0.05, 0.1) is 5.69 Å². The Labute approximate surface area is 148 Å². The fourth-order valence-corrected chi connectivity index (χ4v) is 3.67. The van der Waals surface area contributed by atoms with Crippen LogP contribution >= 0.6 is 12.4 Å². The van der Waals surface area contributed by atoms with Crippen LogP contribution < -0.4 is 5.32 Å². The van der Waals surface area contributed by atoms with Crippen molar-refractivity contribution in [3.8, 4) is 5.69 Å². The van der Waals surface area contributed by atoms with Gasteiger partial charge in [0.2, 0.25) is 0 Å². The fourth-order valence-electron chi connectivity index (χ4n) is 3.67. The molecule has 1 aromatic carbocycles. The number of piperazine rings is 1. The highest BCUT2D eigenvalue weighted by atomic mass is 35.5. The van der Waals surface area contributed by atoms with Gasteiger partial charge in [-0.05, 0) is 38.3 Å². The first-order valence-corrected chi connectivity index (χ1v) is 8.43. The van der Waals surface area contributed by atoms with E-state index in [1.54, 1.807) is 0 Å². The normalized spacial score (nSPS) is 19.7. The number of para-hydroxylation sites is 1. The van der Waals surface area contributed by atoms with Gasteiger partial charge in [0, 0.05) is 36.9 Å². The van der Waals surface area contributed by atoms with Crippen molar-refractivity contribution >= 4 is 18.3 Å². The van der Waals surface area contributed by atoms with Crippen molar-refractivity contribution in [2.45, 2.75) is 32.2 Å². The molecule has 0 radical (unpaired) electrons. The highest BCUT2D eigenvalue weighted by Crippen LogP contribution is 2.29. The highest BCUT2D eigenvalue weighted by molar-refractivity contribution is 5.94. The Balaban J connectivity index is 0.00000169. The molecule has 1 aromatic heterocycles. The minimum absolute atomic E-state index is 0. The number of nitrogens with one attached hydrogen (secondary N) is 1. The summed E-state index contributed by atoms with van der Waals surface area (Å²) in [6.45, 7) is 4.57. The third-order valence-electron chi connectivity index (χ3n) is 4.90. The molecule has 128 valence electrons. The lowest BCUT2D eigenvalue weighted by molar-refractivity contribution is 0.0648. The van der Waals surface area contributed by atoms with Crippen molar-refractivity contribution in [1.82, 2.24) is 20.0 Å². The molecule has 4 rings (SSSR count). The van der Waals surface area contributed by atoms with Crippen molar-refractivity contribution in [2.24, 2.45) is 0 Å². The third kappa shape index (κ3) is 2.82. The number of benzene rings is 1. The van der Waals surface area contributed by atoms with E-state index < -0.39 is 0 Å². The van der Waals surface area contributed by atoms with E-state index in [0.29, 0.717) is 5.69 Å². The molecule has 1 saturated heterocycles. The van der Waals surface area contributed by atoms with Crippen LogP contribution in [0.4, 0.5) is 0 Å². The Morgan fingerprint density at radius 1 is 1.25 bits per heavy atom. The number of fused-ring (bicyclic) bond motifs is 1. The quantitative estimate of drug-likeness (QED) is 0.907. The maximum atomic E-state index is 13.0. The van der Waals surface area contributed by atoms with Gasteiger partial charge in [-0.15, -0.1) is 12.4 Å². The SMILES string of the molecule is CC1CNCCN1C(=O)c1nn(-c2ccccc2)c2c1CCC2.Cl. The molecule has 2 aliphatic rings. The molecule has 1 unspecified atom stereocenters. The third-order valence-corrected chi connectivity index (χ3v) is 4.90. The summed E-state index contributed by atoms with van der Waals surface area (Å²) in [5.74, 6) is 0.0897. The Hall–Kier alpha value is -1.85. The zero-order chi connectivity index (χ0) is 15.8. The van der Waals surface area contributed by atoms with Gasteiger partial charge in [0.25, 0.3) is 5.91 Å². The Kier molecular flexibility index (Phi) is 4.92. The Morgan fingerprint density at radius 2 is 2.04 bits per heavy atom. The van der Waals surface area contributed by atoms with Crippen LogP contribution in [0.3, 0.4) is 0 Å². The van der Waals surface area contributed by atoms with Crippen molar-refractivity contribution in [3.05, 3.63) is 47.3 Å². The van der Waals surface area contributed by atoms with Crippen LogP contribution in [0.15, 0.2) is 30.3 Å². The summed E-state index contributed by atoms with van der Waals surface area (Å²) < 4.78 is 1.97. The lowest BCUT2D eigenvalue weighted by atomic mass is 10.1. The van der Waals surface area contributed by atoms with Gasteiger partial charge in [-0.25, -0.2) is 4.68 Å². The molecule has 0 saturated carbocycles. The minimum atomic E-state index is 0. The van der Waals surface area contributed by atoms with E-state index >= 15 is 0 Å². The number of carbonyl (C=O) groups excluding carboxylic acids is 1. The van der Waals surface area contributed by atoms with E-state index in [2.05, 4.69) is 12.2 Å². The first-order valence-electron chi connectivity index (χ1n) is 8.43. The summed E-state index contributed by atoms with van der Waals surface area (Å²) in [6.07, 6.45) is 3.07. The summed E-state index contributed by atoms with van der Waals surface area (Å²) in [5, 5.41) is 8.05. The van der Waals surface area contributed by atoms with E-state index in [4.69, 9.17) is 5.10 Å². The van der Waals surface area contributed by atoms with Crippen LogP contribution in [0.1, 0.15) is 35.1 Å². The van der Waals surface area contributed by atoms with Crippen molar-refractivity contribution in [3.63, 3.8) is 0 Å². The van der Waals surface area contributed by atoms with E-state index in [9.17, 15) is 4.79 Å². The summed E-state index contributed by atoms with van der Waals surface area (Å²) in [5.41, 5.74) is 4.07. The molecule has 2 heterocycles. The molecule has 5 nitrogen and oxygen atoms in total. The van der Waals surface area contributed by atoms with Crippen molar-refractivity contribution < 1.29 is 4.79 Å². The molecule has 1 atom stereocenters. The van der Waals surface area contributed by atoms with E-state index in [1.807, 2.05) is 39.9 Å². The summed E-state index contributed by atoms with van der Waals surface area (Å²) in [7, 11) is 0. The smallest absolute Gasteiger partial charge is 0.274 e. The number of hydrogen-bond donors (Lipinski definition) is 1. The number of rotatable bonds is 2. The largest absolute Gasteiger partial charge is 0.332 e. The summed E-state index contributed by atoms with van der Waals surface area (Å²) >= 11 is 0. The van der Waals surface area contributed by atoms with Crippen LogP contribution in [0.25, 0.3) is 5.69 Å². The van der Waals surface area contributed by atoms with E-state index in [-0.39, 0.29) is 24.4 Å². The van der Waals surface area contributed by atoms with Gasteiger partial charge >= 0.3 is 0 Å². The molecule has 1 fully saturated rings. The topological polar surface area (TPSA) is 50.2 Å². The molecule has 2 aromatic rings.